The molecule has 1 aromatic carbocycles. The maximum absolute atomic E-state index is 13.3. The number of pyridine rings is 1. The van der Waals surface area contributed by atoms with Gasteiger partial charge in [-0.15, -0.1) is 0 Å². The highest BCUT2D eigenvalue weighted by Crippen LogP contribution is 2.38. The molecule has 1 amide bonds. The van der Waals surface area contributed by atoms with Gasteiger partial charge in [-0.1, -0.05) is 24.3 Å². The molecular weight excluding hydrogens is 374 g/mol. The van der Waals surface area contributed by atoms with Crippen LogP contribution in [0.3, 0.4) is 0 Å². The molecule has 5 heteroatoms. The van der Waals surface area contributed by atoms with Crippen LogP contribution in [0.15, 0.2) is 41.2 Å². The standard InChI is InChI=1S/C25H29N3O2/c29-24(26-22-9-7-18-3-1-2-4-20(18)22)21-8-10-23-19-11-17(14-28(23)25(21)30)13-27(15-19)12-16-5-6-16/h1-4,8,10,16-17,19,22H,5-7,9,11-15H2,(H,26,29)/t17-,19-,22?/m1/s1. The van der Waals surface area contributed by atoms with Crippen LogP contribution in [0.4, 0.5) is 0 Å². The van der Waals surface area contributed by atoms with Crippen molar-refractivity contribution in [3.8, 4) is 0 Å². The molecular formula is C25H29N3O2. The largest absolute Gasteiger partial charge is 0.345 e. The Labute approximate surface area is 177 Å². The number of carbonyl (C=O) groups is 1. The highest BCUT2D eigenvalue weighted by molar-refractivity contribution is 5.94. The number of nitrogens with one attached hydrogen (secondary N) is 1. The van der Waals surface area contributed by atoms with E-state index < -0.39 is 0 Å². The summed E-state index contributed by atoms with van der Waals surface area (Å²) in [6.07, 6.45) is 5.81. The minimum atomic E-state index is -0.233. The predicted octanol–water partition coefficient (Wildman–Crippen LogP) is 3.09. The van der Waals surface area contributed by atoms with E-state index in [4.69, 9.17) is 0 Å². The van der Waals surface area contributed by atoms with Gasteiger partial charge < -0.3 is 14.8 Å². The second kappa shape index (κ2) is 7.09. The molecule has 3 atom stereocenters. The molecule has 2 bridgehead atoms. The van der Waals surface area contributed by atoms with Crippen molar-refractivity contribution in [1.82, 2.24) is 14.8 Å². The van der Waals surface area contributed by atoms with Gasteiger partial charge in [-0.3, -0.25) is 9.59 Å². The van der Waals surface area contributed by atoms with Crippen LogP contribution in [0.2, 0.25) is 0 Å². The molecule has 1 aromatic heterocycles. The molecule has 156 valence electrons. The second-order valence-corrected chi connectivity index (χ2v) is 9.81. The smallest absolute Gasteiger partial charge is 0.263 e. The molecule has 1 saturated heterocycles. The van der Waals surface area contributed by atoms with Crippen LogP contribution in [0.25, 0.3) is 0 Å². The Morgan fingerprint density at radius 1 is 1.03 bits per heavy atom. The Hall–Kier alpha value is -2.40. The Balaban J connectivity index is 1.23. The van der Waals surface area contributed by atoms with E-state index in [0.29, 0.717) is 11.8 Å². The molecule has 30 heavy (non-hydrogen) atoms. The first-order chi connectivity index (χ1) is 14.7. The van der Waals surface area contributed by atoms with Gasteiger partial charge in [-0.05, 0) is 67.2 Å². The number of carbonyl (C=O) groups excluding carboxylic acids is 1. The zero-order chi connectivity index (χ0) is 20.2. The Bertz CT molecular complexity index is 1050. The summed E-state index contributed by atoms with van der Waals surface area (Å²) < 4.78 is 1.91. The molecule has 2 aromatic rings. The molecule has 3 heterocycles. The second-order valence-electron chi connectivity index (χ2n) is 9.81. The van der Waals surface area contributed by atoms with Gasteiger partial charge in [-0.2, -0.15) is 0 Å². The van der Waals surface area contributed by atoms with Gasteiger partial charge in [0, 0.05) is 37.8 Å². The van der Waals surface area contributed by atoms with Gasteiger partial charge in [0.2, 0.25) is 0 Å². The van der Waals surface area contributed by atoms with Gasteiger partial charge in [0.25, 0.3) is 11.5 Å². The van der Waals surface area contributed by atoms with Crippen LogP contribution in [0, 0.1) is 11.8 Å². The lowest BCUT2D eigenvalue weighted by molar-refractivity contribution is 0.0930. The zero-order valence-corrected chi connectivity index (χ0v) is 17.3. The van der Waals surface area contributed by atoms with Crippen LogP contribution in [0.1, 0.15) is 64.8 Å². The Morgan fingerprint density at radius 3 is 2.77 bits per heavy atom. The van der Waals surface area contributed by atoms with Crippen molar-refractivity contribution in [2.75, 3.05) is 19.6 Å². The van der Waals surface area contributed by atoms with Crippen molar-refractivity contribution in [1.29, 1.82) is 0 Å². The van der Waals surface area contributed by atoms with Crippen LogP contribution in [0.5, 0.6) is 0 Å². The SMILES string of the molecule is O=C(NC1CCc2ccccc21)c1ccc2n(c1=O)C[C@@H]1C[C@@H]2CN(CC2CC2)C1. The molecule has 1 unspecified atom stereocenters. The van der Waals surface area contributed by atoms with E-state index in [9.17, 15) is 9.59 Å². The predicted molar refractivity (Wildman–Crippen MR) is 116 cm³/mol. The molecule has 4 aliphatic rings. The van der Waals surface area contributed by atoms with Crippen molar-refractivity contribution in [2.24, 2.45) is 11.8 Å². The Morgan fingerprint density at radius 2 is 1.90 bits per heavy atom. The monoisotopic (exact) mass is 403 g/mol. The number of hydrogen-bond acceptors (Lipinski definition) is 3. The summed E-state index contributed by atoms with van der Waals surface area (Å²) in [6.45, 7) is 4.12. The number of aryl methyl sites for hydroxylation is 1. The molecule has 6 rings (SSSR count). The van der Waals surface area contributed by atoms with Crippen molar-refractivity contribution < 1.29 is 4.79 Å². The van der Waals surface area contributed by atoms with E-state index in [2.05, 4.69) is 22.3 Å². The van der Waals surface area contributed by atoms with Gasteiger partial charge in [0.15, 0.2) is 0 Å². The number of aromatic nitrogens is 1. The molecule has 2 aliphatic heterocycles. The van der Waals surface area contributed by atoms with Crippen molar-refractivity contribution >= 4 is 5.91 Å². The maximum atomic E-state index is 13.3. The lowest BCUT2D eigenvalue weighted by Crippen LogP contribution is -2.48. The lowest BCUT2D eigenvalue weighted by atomic mass is 9.83. The fourth-order valence-electron chi connectivity index (χ4n) is 5.98. The minimum absolute atomic E-state index is 0.00416. The molecule has 1 saturated carbocycles. The fraction of sp³-hybridized carbons (Fsp3) is 0.520. The first-order valence-corrected chi connectivity index (χ1v) is 11.5. The summed E-state index contributed by atoms with van der Waals surface area (Å²) in [7, 11) is 0. The van der Waals surface area contributed by atoms with E-state index in [-0.39, 0.29) is 23.1 Å². The zero-order valence-electron chi connectivity index (χ0n) is 17.3. The molecule has 5 nitrogen and oxygen atoms in total. The van der Waals surface area contributed by atoms with Gasteiger partial charge in [0.1, 0.15) is 5.56 Å². The summed E-state index contributed by atoms with van der Waals surface area (Å²) in [6, 6.07) is 12.1. The average Bonchev–Trinajstić information content (AvgIpc) is 3.47. The highest BCUT2D eigenvalue weighted by atomic mass is 16.2. The van der Waals surface area contributed by atoms with E-state index >= 15 is 0 Å². The summed E-state index contributed by atoms with van der Waals surface area (Å²) in [5.41, 5.74) is 3.79. The maximum Gasteiger partial charge on any atom is 0.263 e. The van der Waals surface area contributed by atoms with E-state index in [0.717, 1.165) is 44.1 Å². The van der Waals surface area contributed by atoms with Crippen LogP contribution in [-0.2, 0) is 13.0 Å². The molecule has 1 N–H and O–H groups in total. The summed E-state index contributed by atoms with van der Waals surface area (Å²) in [4.78, 5) is 28.9. The van der Waals surface area contributed by atoms with Crippen LogP contribution in [-0.4, -0.2) is 35.0 Å². The number of benzene rings is 1. The molecule has 2 aliphatic carbocycles. The lowest BCUT2D eigenvalue weighted by Gasteiger charge is -2.43. The van der Waals surface area contributed by atoms with Gasteiger partial charge in [-0.25, -0.2) is 0 Å². The number of hydrogen-bond donors (Lipinski definition) is 1. The van der Waals surface area contributed by atoms with Crippen molar-refractivity contribution in [2.45, 2.75) is 50.6 Å². The third-order valence-electron chi connectivity index (χ3n) is 7.58. The molecule has 0 spiro atoms. The van der Waals surface area contributed by atoms with Crippen molar-refractivity contribution in [3.05, 3.63) is 69.1 Å². The average molecular weight is 404 g/mol. The quantitative estimate of drug-likeness (QED) is 0.854. The van der Waals surface area contributed by atoms with Crippen LogP contribution >= 0.6 is 0 Å². The summed E-state index contributed by atoms with van der Waals surface area (Å²) in [5.74, 6) is 1.61. The third kappa shape index (κ3) is 3.20. The first kappa shape index (κ1) is 18.4. The summed E-state index contributed by atoms with van der Waals surface area (Å²) >= 11 is 0. The molecule has 2 fully saturated rings. The number of fused-ring (bicyclic) bond motifs is 5. The van der Waals surface area contributed by atoms with Gasteiger partial charge in [0.05, 0.1) is 6.04 Å². The number of nitrogens with zero attached hydrogens (tertiary/aromatic N) is 2. The topological polar surface area (TPSA) is 54.3 Å². The van der Waals surface area contributed by atoms with E-state index in [1.54, 1.807) is 6.07 Å². The minimum Gasteiger partial charge on any atom is -0.345 e. The van der Waals surface area contributed by atoms with E-state index in [1.165, 1.54) is 36.9 Å². The highest BCUT2D eigenvalue weighted by Gasteiger charge is 2.37. The van der Waals surface area contributed by atoms with Crippen molar-refractivity contribution in [3.63, 3.8) is 0 Å². The number of rotatable bonds is 4. The van der Waals surface area contributed by atoms with E-state index in [1.807, 2.05) is 22.8 Å². The normalized spacial score (nSPS) is 27.4. The Kier molecular flexibility index (Phi) is 4.34. The first-order valence-electron chi connectivity index (χ1n) is 11.5. The number of piperidine rings is 1. The fourth-order valence-corrected chi connectivity index (χ4v) is 5.98. The number of likely N-dealkylation sites (tertiary alicyclic amines) is 1. The third-order valence-corrected chi connectivity index (χ3v) is 7.58. The number of amides is 1. The molecule has 0 radical (unpaired) electrons. The van der Waals surface area contributed by atoms with Crippen LogP contribution < -0.4 is 10.9 Å². The van der Waals surface area contributed by atoms with Gasteiger partial charge >= 0.3 is 0 Å². The summed E-state index contributed by atoms with van der Waals surface area (Å²) in [5, 5.41) is 3.12.